The summed E-state index contributed by atoms with van der Waals surface area (Å²) in [6.07, 6.45) is 4.09. The molecule has 3 atom stereocenters. The lowest BCUT2D eigenvalue weighted by molar-refractivity contribution is -0.138. The summed E-state index contributed by atoms with van der Waals surface area (Å²) < 4.78 is 0. The second-order valence-electron chi connectivity index (χ2n) is 11.2. The molecule has 0 radical (unpaired) electrons. The average molecular weight is 498 g/mol. The van der Waals surface area contributed by atoms with Crippen LogP contribution in [-0.4, -0.2) is 84.2 Å². The number of Topliss-reactive ketones (excluding diaryl/α,β-unsaturated/α-hetero) is 1. The highest BCUT2D eigenvalue weighted by Gasteiger charge is 2.55. The van der Waals surface area contributed by atoms with Crippen molar-refractivity contribution < 1.29 is 19.2 Å². The van der Waals surface area contributed by atoms with E-state index in [1.807, 2.05) is 45.0 Å². The normalized spacial score (nSPS) is 23.7. The lowest BCUT2D eigenvalue weighted by Crippen LogP contribution is -2.56. The van der Waals surface area contributed by atoms with Gasteiger partial charge in [0, 0.05) is 31.9 Å². The maximum atomic E-state index is 13.7. The molecule has 2 aliphatic heterocycles. The van der Waals surface area contributed by atoms with Gasteiger partial charge in [0.1, 0.15) is 12.1 Å². The number of nitrogens with one attached hydrogen (secondary N) is 1. The zero-order chi connectivity index (χ0) is 26.2. The van der Waals surface area contributed by atoms with E-state index < -0.39 is 17.6 Å². The molecule has 36 heavy (non-hydrogen) atoms. The third-order valence-corrected chi connectivity index (χ3v) is 7.84. The first-order valence-corrected chi connectivity index (χ1v) is 13.0. The van der Waals surface area contributed by atoms with Crippen LogP contribution in [-0.2, 0) is 14.4 Å². The number of ketones is 1. The second-order valence-corrected chi connectivity index (χ2v) is 11.2. The first kappa shape index (κ1) is 26.1. The van der Waals surface area contributed by atoms with Gasteiger partial charge in [-0.3, -0.25) is 19.2 Å². The van der Waals surface area contributed by atoms with Gasteiger partial charge in [-0.05, 0) is 55.9 Å². The summed E-state index contributed by atoms with van der Waals surface area (Å²) in [4.78, 5) is 58.2. The van der Waals surface area contributed by atoms with E-state index in [9.17, 15) is 19.2 Å². The summed E-state index contributed by atoms with van der Waals surface area (Å²) in [7, 11) is 3.85. The number of fused-ring (bicyclic) bond motifs is 1. The number of carbonyl (C=O) groups excluding carboxylic acids is 4. The number of nitrogens with two attached hydrogens (primary N) is 1. The van der Waals surface area contributed by atoms with Gasteiger partial charge in [0.05, 0.1) is 18.1 Å². The highest BCUT2D eigenvalue weighted by Crippen LogP contribution is 2.35. The van der Waals surface area contributed by atoms with Gasteiger partial charge in [-0.15, -0.1) is 0 Å². The fourth-order valence-electron chi connectivity index (χ4n) is 5.89. The molecule has 9 heteroatoms. The van der Waals surface area contributed by atoms with E-state index >= 15 is 0 Å². The van der Waals surface area contributed by atoms with Crippen LogP contribution in [0.4, 0.5) is 5.69 Å². The van der Waals surface area contributed by atoms with Gasteiger partial charge in [0.2, 0.25) is 11.8 Å². The molecule has 1 aromatic carbocycles. The molecule has 196 valence electrons. The molecule has 2 unspecified atom stereocenters. The number of amides is 3. The number of nitrogens with zero attached hydrogens (tertiary/aromatic N) is 3. The van der Waals surface area contributed by atoms with Crippen molar-refractivity contribution >= 4 is 29.2 Å². The fraction of sp³-hybridized carbons (Fsp3) is 0.630. The monoisotopic (exact) mass is 497 g/mol. The van der Waals surface area contributed by atoms with Crippen LogP contribution in [0.3, 0.4) is 0 Å². The van der Waals surface area contributed by atoms with Crippen LogP contribution < -0.4 is 16.0 Å². The Morgan fingerprint density at radius 2 is 1.75 bits per heavy atom. The number of anilines is 1. The molecular weight excluding hydrogens is 458 g/mol. The average Bonchev–Trinajstić information content (AvgIpc) is 3.55. The maximum Gasteiger partial charge on any atom is 0.251 e. The molecule has 0 bridgehead atoms. The lowest BCUT2D eigenvalue weighted by Gasteiger charge is -2.32. The van der Waals surface area contributed by atoms with Crippen molar-refractivity contribution in [3.05, 3.63) is 29.8 Å². The van der Waals surface area contributed by atoms with E-state index in [4.69, 9.17) is 5.73 Å². The van der Waals surface area contributed by atoms with Crippen molar-refractivity contribution in [3.8, 4) is 0 Å². The van der Waals surface area contributed by atoms with Crippen LogP contribution in [0.2, 0.25) is 0 Å². The molecule has 9 nitrogen and oxygen atoms in total. The molecule has 1 saturated carbocycles. The van der Waals surface area contributed by atoms with Crippen molar-refractivity contribution in [1.82, 2.24) is 15.1 Å². The molecule has 3 N–H and O–H groups in total. The molecule has 4 rings (SSSR count). The molecule has 3 amide bonds. The van der Waals surface area contributed by atoms with Gasteiger partial charge < -0.3 is 25.8 Å². The van der Waals surface area contributed by atoms with E-state index in [-0.39, 0.29) is 42.0 Å². The minimum Gasteiger partial charge on any atom is -0.378 e. The first-order chi connectivity index (χ1) is 17.0. The van der Waals surface area contributed by atoms with Gasteiger partial charge in [-0.2, -0.15) is 0 Å². The zero-order valence-electron chi connectivity index (χ0n) is 21.8. The van der Waals surface area contributed by atoms with Crippen molar-refractivity contribution in [2.24, 2.45) is 11.7 Å². The van der Waals surface area contributed by atoms with E-state index in [1.54, 1.807) is 21.9 Å². The second kappa shape index (κ2) is 10.2. The summed E-state index contributed by atoms with van der Waals surface area (Å²) in [5, 5.41) is 2.91. The third kappa shape index (κ3) is 4.98. The van der Waals surface area contributed by atoms with Crippen LogP contribution in [0.5, 0.6) is 0 Å². The minimum atomic E-state index is -0.900. The number of carbonyl (C=O) groups is 4. The molecular formula is C27H39N5O4. The zero-order valence-corrected chi connectivity index (χ0v) is 21.8. The summed E-state index contributed by atoms with van der Waals surface area (Å²) in [5.41, 5.74) is 6.96. The Labute approximate surface area is 213 Å². The van der Waals surface area contributed by atoms with Crippen LogP contribution in [0.15, 0.2) is 24.3 Å². The first-order valence-electron chi connectivity index (χ1n) is 13.0. The summed E-state index contributed by atoms with van der Waals surface area (Å²) in [6.45, 7) is 4.36. The van der Waals surface area contributed by atoms with Crippen LogP contribution in [0.25, 0.3) is 0 Å². The van der Waals surface area contributed by atoms with Crippen molar-refractivity contribution in [2.45, 2.75) is 76.0 Å². The summed E-state index contributed by atoms with van der Waals surface area (Å²) in [6, 6.07) is 5.43. The van der Waals surface area contributed by atoms with Gasteiger partial charge in [0.25, 0.3) is 5.91 Å². The Morgan fingerprint density at radius 3 is 2.33 bits per heavy atom. The smallest absolute Gasteiger partial charge is 0.251 e. The largest absolute Gasteiger partial charge is 0.378 e. The van der Waals surface area contributed by atoms with E-state index in [0.717, 1.165) is 18.5 Å². The number of hydrogen-bond donors (Lipinski definition) is 2. The molecule has 1 aliphatic carbocycles. The predicted octanol–water partition coefficient (Wildman–Crippen LogP) is 1.55. The van der Waals surface area contributed by atoms with E-state index in [1.165, 1.54) is 0 Å². The maximum absolute atomic E-state index is 13.7. The Hall–Kier alpha value is -2.94. The highest BCUT2D eigenvalue weighted by atomic mass is 16.2. The van der Waals surface area contributed by atoms with Gasteiger partial charge in [-0.25, -0.2) is 0 Å². The highest BCUT2D eigenvalue weighted by molar-refractivity contribution is 6.01. The number of likely N-dealkylation sites (tertiary alicyclic amines) is 2. The summed E-state index contributed by atoms with van der Waals surface area (Å²) in [5.74, 6) is -0.722. The van der Waals surface area contributed by atoms with Gasteiger partial charge in [-0.1, -0.05) is 26.7 Å². The molecule has 0 aromatic heterocycles. The minimum absolute atomic E-state index is 0.00364. The quantitative estimate of drug-likeness (QED) is 0.591. The van der Waals surface area contributed by atoms with Crippen molar-refractivity contribution in [2.75, 3.05) is 32.1 Å². The Kier molecular flexibility index (Phi) is 7.41. The SMILES string of the molecule is CC(C)C[C@H](NC(=O)c1ccc(N(C)C)cc1)C(=O)N1CCC2C1C(=O)CN2C(=O)C1(N)CCCC1. The molecule has 2 saturated heterocycles. The van der Waals surface area contributed by atoms with Gasteiger partial charge >= 0.3 is 0 Å². The van der Waals surface area contributed by atoms with Crippen molar-refractivity contribution in [3.63, 3.8) is 0 Å². The van der Waals surface area contributed by atoms with Gasteiger partial charge in [0.15, 0.2) is 5.78 Å². The van der Waals surface area contributed by atoms with Crippen LogP contribution in [0, 0.1) is 5.92 Å². The van der Waals surface area contributed by atoms with E-state index in [2.05, 4.69) is 5.32 Å². The predicted molar refractivity (Wildman–Crippen MR) is 137 cm³/mol. The molecule has 0 spiro atoms. The number of hydrogen-bond acceptors (Lipinski definition) is 6. The van der Waals surface area contributed by atoms with E-state index in [0.29, 0.717) is 37.8 Å². The van der Waals surface area contributed by atoms with Crippen molar-refractivity contribution in [1.29, 1.82) is 0 Å². The lowest BCUT2D eigenvalue weighted by atomic mass is 9.96. The number of rotatable bonds is 7. The summed E-state index contributed by atoms with van der Waals surface area (Å²) >= 11 is 0. The van der Waals surface area contributed by atoms with Crippen LogP contribution >= 0.6 is 0 Å². The molecule has 3 aliphatic rings. The fourth-order valence-corrected chi connectivity index (χ4v) is 5.89. The molecule has 2 heterocycles. The Morgan fingerprint density at radius 1 is 1.11 bits per heavy atom. The third-order valence-electron chi connectivity index (χ3n) is 7.84. The Balaban J connectivity index is 1.49. The molecule has 3 fully saturated rings. The topological polar surface area (TPSA) is 116 Å². The Bertz CT molecular complexity index is 1020. The standard InChI is InChI=1S/C27H39N5O4/c1-17(2)15-20(29-24(34)18-7-9-19(10-8-18)30(3)4)25(35)31-14-11-21-23(31)22(33)16-32(21)26(36)27(28)12-5-6-13-27/h7-10,17,20-21,23H,5-6,11-16,28H2,1-4H3,(H,29,34)/t20-,21?,23?/m0/s1. The molecule has 1 aromatic rings. The van der Waals surface area contributed by atoms with Crippen LogP contribution in [0.1, 0.15) is 62.7 Å². The number of benzene rings is 1.